The van der Waals surface area contributed by atoms with E-state index in [0.29, 0.717) is 43.7 Å². The van der Waals surface area contributed by atoms with Crippen LogP contribution in [0.2, 0.25) is 15.1 Å². The van der Waals surface area contributed by atoms with Crippen molar-refractivity contribution in [2.45, 2.75) is 40.2 Å². The van der Waals surface area contributed by atoms with Crippen molar-refractivity contribution >= 4 is 63.3 Å². The molecule has 222 valence electrons. The Hall–Kier alpha value is -3.47. The summed E-state index contributed by atoms with van der Waals surface area (Å²) in [5, 5.41) is 6.54. The quantitative estimate of drug-likeness (QED) is 0.204. The van der Waals surface area contributed by atoms with E-state index in [2.05, 4.69) is 20.6 Å². The van der Waals surface area contributed by atoms with Gasteiger partial charge < -0.3 is 19.9 Å². The molecule has 0 bridgehead atoms. The number of ether oxygens (including phenoxy) is 1. The number of nitrogens with zero attached hydrogens (tertiary/aromatic N) is 3. The van der Waals surface area contributed by atoms with Gasteiger partial charge in [-0.25, -0.2) is 13.8 Å². The van der Waals surface area contributed by atoms with Crippen molar-refractivity contribution in [3.63, 3.8) is 0 Å². The second-order valence-electron chi connectivity index (χ2n) is 10.5. The van der Waals surface area contributed by atoms with Crippen molar-refractivity contribution in [1.82, 2.24) is 19.9 Å². The average Bonchev–Trinajstić information content (AvgIpc) is 3.23. The van der Waals surface area contributed by atoms with Crippen LogP contribution < -0.4 is 15.4 Å². The van der Waals surface area contributed by atoms with Crippen LogP contribution in [0, 0.1) is 5.41 Å². The average molecular weight is 639 g/mol. The van der Waals surface area contributed by atoms with Crippen molar-refractivity contribution in [1.29, 1.82) is 0 Å². The number of carbonyl (C=O) groups excluding carboxylic acids is 2. The predicted molar refractivity (Wildman–Crippen MR) is 160 cm³/mol. The minimum absolute atomic E-state index is 0.00618. The second-order valence-corrected chi connectivity index (χ2v) is 11.7. The van der Waals surface area contributed by atoms with Crippen LogP contribution in [0.25, 0.3) is 11.0 Å². The summed E-state index contributed by atoms with van der Waals surface area (Å²) in [4.78, 5) is 34.1. The number of hydrogen-bond acceptors (Lipinski definition) is 5. The van der Waals surface area contributed by atoms with E-state index in [0.717, 1.165) is 0 Å². The van der Waals surface area contributed by atoms with Crippen molar-refractivity contribution in [2.75, 3.05) is 11.9 Å². The number of alkyl halides is 2. The minimum Gasteiger partial charge on any atom is -0.487 e. The van der Waals surface area contributed by atoms with Crippen LogP contribution in [-0.2, 0) is 24.8 Å². The van der Waals surface area contributed by atoms with Crippen molar-refractivity contribution in [2.24, 2.45) is 12.5 Å². The van der Waals surface area contributed by atoms with Gasteiger partial charge in [0, 0.05) is 48.9 Å². The first kappa shape index (κ1) is 31.5. The molecule has 0 aliphatic rings. The fourth-order valence-electron chi connectivity index (χ4n) is 4.09. The Labute approximate surface area is 256 Å². The Kier molecular flexibility index (Phi) is 9.60. The van der Waals surface area contributed by atoms with Crippen LogP contribution in [-0.4, -0.2) is 39.4 Å². The minimum atomic E-state index is -2.75. The number of nitrogens with one attached hydrogen (secondary N) is 2. The number of hydrogen-bond donors (Lipinski definition) is 2. The first-order valence-electron chi connectivity index (χ1n) is 12.8. The van der Waals surface area contributed by atoms with Gasteiger partial charge >= 0.3 is 0 Å². The van der Waals surface area contributed by atoms with E-state index in [9.17, 15) is 18.4 Å². The molecular weight excluding hydrogens is 611 g/mol. The summed E-state index contributed by atoms with van der Waals surface area (Å²) in [7, 11) is 1.74. The van der Waals surface area contributed by atoms with Gasteiger partial charge in [-0.15, -0.1) is 0 Å². The van der Waals surface area contributed by atoms with E-state index >= 15 is 0 Å². The van der Waals surface area contributed by atoms with Gasteiger partial charge in [0.1, 0.15) is 18.2 Å². The maximum atomic E-state index is 13.2. The first-order valence-corrected chi connectivity index (χ1v) is 13.9. The lowest BCUT2D eigenvalue weighted by atomic mass is 9.95. The number of amides is 2. The molecule has 0 radical (unpaired) electrons. The van der Waals surface area contributed by atoms with E-state index in [1.54, 1.807) is 23.7 Å². The molecule has 2 aromatic carbocycles. The molecule has 2 N–H and O–H groups in total. The van der Waals surface area contributed by atoms with Crippen LogP contribution >= 0.6 is 34.8 Å². The molecule has 13 heteroatoms. The molecule has 0 saturated heterocycles. The zero-order chi connectivity index (χ0) is 30.8. The standard InChI is InChI=1S/C29H28Cl3F2N5O3/c1-29(2,3)28(41)36-12-15-5-6-18(30)16(26(15)32)10-25-37-21-9-17(27(40)38-20-7-8-35-13-19(20)31)23(42-14-24(33)34)11-22(21)39(25)4/h5-9,11,13,24H,10,12,14H2,1-4H3,(H,36,41)(H,35,38,40). The Bertz CT molecular complexity index is 1650. The molecule has 0 fully saturated rings. The van der Waals surface area contributed by atoms with Crippen LogP contribution in [0.5, 0.6) is 5.75 Å². The van der Waals surface area contributed by atoms with Crippen LogP contribution in [0.15, 0.2) is 42.7 Å². The Morgan fingerprint density at radius 1 is 1.10 bits per heavy atom. The number of benzene rings is 2. The Morgan fingerprint density at radius 2 is 1.83 bits per heavy atom. The lowest BCUT2D eigenvalue weighted by molar-refractivity contribution is -0.128. The Balaban J connectivity index is 1.69. The molecule has 2 aromatic heterocycles. The van der Waals surface area contributed by atoms with E-state index in [4.69, 9.17) is 39.5 Å². The predicted octanol–water partition coefficient (Wildman–Crippen LogP) is 7.08. The number of aromatic nitrogens is 3. The van der Waals surface area contributed by atoms with Gasteiger partial charge in [-0.2, -0.15) is 0 Å². The van der Waals surface area contributed by atoms with Gasteiger partial charge in [0.15, 0.2) is 0 Å². The van der Waals surface area contributed by atoms with E-state index in [1.165, 1.54) is 30.6 Å². The summed E-state index contributed by atoms with van der Waals surface area (Å²) in [5.74, 6) is -0.259. The van der Waals surface area contributed by atoms with E-state index in [-0.39, 0.29) is 35.2 Å². The number of fused-ring (bicyclic) bond motifs is 1. The molecule has 0 spiro atoms. The summed E-state index contributed by atoms with van der Waals surface area (Å²) in [6, 6.07) is 7.91. The molecule has 0 aliphatic heterocycles. The normalized spacial score (nSPS) is 11.7. The zero-order valence-electron chi connectivity index (χ0n) is 23.2. The first-order chi connectivity index (χ1) is 19.8. The SMILES string of the molecule is Cn1c(Cc2c(Cl)ccc(CNC(=O)C(C)(C)C)c2Cl)nc2cc(C(=O)Nc3ccncc3Cl)c(OCC(F)F)cc21. The molecular formula is C29H28Cl3F2N5O3. The lowest BCUT2D eigenvalue weighted by Crippen LogP contribution is -2.34. The van der Waals surface area contributed by atoms with Gasteiger partial charge in [0.25, 0.3) is 12.3 Å². The molecule has 0 unspecified atom stereocenters. The van der Waals surface area contributed by atoms with Crippen LogP contribution in [0.4, 0.5) is 14.5 Å². The maximum absolute atomic E-state index is 13.2. The van der Waals surface area contributed by atoms with Crippen molar-refractivity contribution in [3.8, 4) is 5.75 Å². The molecule has 0 atom stereocenters. The number of rotatable bonds is 9. The Morgan fingerprint density at radius 3 is 2.50 bits per heavy atom. The van der Waals surface area contributed by atoms with Gasteiger partial charge in [-0.05, 0) is 29.3 Å². The molecule has 4 rings (SSSR count). The molecule has 2 amide bonds. The topological polar surface area (TPSA) is 98.1 Å². The summed E-state index contributed by atoms with van der Waals surface area (Å²) in [6.45, 7) is 4.76. The molecule has 2 heterocycles. The molecule has 8 nitrogen and oxygen atoms in total. The molecule has 42 heavy (non-hydrogen) atoms. The van der Waals surface area contributed by atoms with Crippen molar-refractivity contribution < 1.29 is 23.1 Å². The third-order valence-electron chi connectivity index (χ3n) is 6.43. The van der Waals surface area contributed by atoms with Gasteiger partial charge in [0.2, 0.25) is 5.91 Å². The van der Waals surface area contributed by atoms with Crippen LogP contribution in [0.3, 0.4) is 0 Å². The van der Waals surface area contributed by atoms with Gasteiger partial charge in [0.05, 0.1) is 32.3 Å². The molecule has 0 aliphatic carbocycles. The van der Waals surface area contributed by atoms with Crippen molar-refractivity contribution in [3.05, 3.63) is 80.3 Å². The highest BCUT2D eigenvalue weighted by atomic mass is 35.5. The second kappa shape index (κ2) is 12.8. The van der Waals surface area contributed by atoms with E-state index in [1.807, 2.05) is 20.8 Å². The number of anilines is 1. The fourth-order valence-corrected chi connectivity index (χ4v) is 4.82. The zero-order valence-corrected chi connectivity index (χ0v) is 25.5. The number of carbonyl (C=O) groups is 2. The fraction of sp³-hybridized carbons (Fsp3) is 0.310. The lowest BCUT2D eigenvalue weighted by Gasteiger charge is -2.18. The summed E-state index contributed by atoms with van der Waals surface area (Å²) in [5.41, 5.74) is 1.96. The monoisotopic (exact) mass is 637 g/mol. The highest BCUT2D eigenvalue weighted by Gasteiger charge is 2.23. The highest BCUT2D eigenvalue weighted by molar-refractivity contribution is 6.36. The van der Waals surface area contributed by atoms with Gasteiger partial charge in [-0.1, -0.05) is 61.6 Å². The summed E-state index contributed by atoms with van der Waals surface area (Å²) in [6.07, 6.45) is 0.278. The van der Waals surface area contributed by atoms with E-state index < -0.39 is 24.4 Å². The largest absolute Gasteiger partial charge is 0.487 e. The third-order valence-corrected chi connectivity index (χ3v) is 7.55. The highest BCUT2D eigenvalue weighted by Crippen LogP contribution is 2.33. The number of halogens is 5. The molecule has 0 saturated carbocycles. The molecule has 4 aromatic rings. The smallest absolute Gasteiger partial charge is 0.272 e. The number of aryl methyl sites for hydroxylation is 1. The summed E-state index contributed by atoms with van der Waals surface area (Å²) >= 11 is 19.4. The third kappa shape index (κ3) is 7.11. The summed E-state index contributed by atoms with van der Waals surface area (Å²) < 4.78 is 33.2. The maximum Gasteiger partial charge on any atom is 0.272 e. The number of imidazole rings is 1. The van der Waals surface area contributed by atoms with Crippen LogP contribution in [0.1, 0.15) is 48.1 Å². The van der Waals surface area contributed by atoms with Gasteiger partial charge in [-0.3, -0.25) is 14.6 Å². The number of pyridine rings is 1.